The molecule has 2 aliphatic carbocycles. The van der Waals surface area contributed by atoms with E-state index in [4.69, 9.17) is 4.74 Å². The van der Waals surface area contributed by atoms with E-state index in [1.165, 1.54) is 6.08 Å². The molecule has 0 aromatic carbocycles. The number of rotatable bonds is 2. The fourth-order valence-electron chi connectivity index (χ4n) is 3.73. The first kappa shape index (κ1) is 9.87. The lowest BCUT2D eigenvalue weighted by molar-refractivity contribution is -0.147. The second-order valence-electron chi connectivity index (χ2n) is 5.33. The summed E-state index contributed by atoms with van der Waals surface area (Å²) >= 11 is 0. The van der Waals surface area contributed by atoms with Crippen molar-refractivity contribution in [1.82, 2.24) is 5.32 Å². The maximum absolute atomic E-state index is 11.8. The van der Waals surface area contributed by atoms with Crippen molar-refractivity contribution in [3.63, 3.8) is 0 Å². The Kier molecular flexibility index (Phi) is 1.77. The van der Waals surface area contributed by atoms with E-state index in [9.17, 15) is 9.59 Å². The van der Waals surface area contributed by atoms with Crippen LogP contribution in [0, 0.1) is 17.3 Å². The van der Waals surface area contributed by atoms with Crippen molar-refractivity contribution in [1.29, 1.82) is 0 Å². The van der Waals surface area contributed by atoms with Crippen LogP contribution in [-0.2, 0) is 14.3 Å². The molecule has 3 rings (SSSR count). The molecule has 4 nitrogen and oxygen atoms in total. The summed E-state index contributed by atoms with van der Waals surface area (Å²) in [6.45, 7) is 5.43. The second kappa shape index (κ2) is 2.87. The molecule has 2 saturated carbocycles. The van der Waals surface area contributed by atoms with Crippen LogP contribution in [0.2, 0.25) is 0 Å². The van der Waals surface area contributed by atoms with E-state index in [-0.39, 0.29) is 29.4 Å². The standard InChI is InChI=1S/C12H15NO3/c1-3-8(14)13-9-6-4-7-10(9)16-11(15)12(7,2)5-6/h3,6-7,9-10H,1,4-5H2,2H3,(H,13,14). The molecule has 0 aromatic rings. The Morgan fingerprint density at radius 1 is 1.69 bits per heavy atom. The first-order valence-electron chi connectivity index (χ1n) is 5.70. The quantitative estimate of drug-likeness (QED) is 0.549. The van der Waals surface area contributed by atoms with Crippen molar-refractivity contribution in [3.05, 3.63) is 12.7 Å². The van der Waals surface area contributed by atoms with Crippen molar-refractivity contribution in [3.8, 4) is 0 Å². The maximum Gasteiger partial charge on any atom is 0.312 e. The summed E-state index contributed by atoms with van der Waals surface area (Å²) in [6, 6.07) is -0.00461. The van der Waals surface area contributed by atoms with Gasteiger partial charge in [0.25, 0.3) is 0 Å². The molecule has 5 atom stereocenters. The summed E-state index contributed by atoms with van der Waals surface area (Å²) in [7, 11) is 0. The zero-order valence-electron chi connectivity index (χ0n) is 9.23. The number of carbonyl (C=O) groups is 2. The lowest BCUT2D eigenvalue weighted by Crippen LogP contribution is -2.47. The third-order valence-electron chi connectivity index (χ3n) is 4.52. The van der Waals surface area contributed by atoms with Crippen LogP contribution in [0.3, 0.4) is 0 Å². The van der Waals surface area contributed by atoms with Gasteiger partial charge in [-0.15, -0.1) is 0 Å². The minimum absolute atomic E-state index is 0.00461. The second-order valence-corrected chi connectivity index (χ2v) is 5.33. The number of nitrogens with one attached hydrogen (secondary N) is 1. The van der Waals surface area contributed by atoms with E-state index in [0.29, 0.717) is 11.8 Å². The Labute approximate surface area is 94.0 Å². The number of carbonyl (C=O) groups excluding carboxylic acids is 2. The summed E-state index contributed by atoms with van der Waals surface area (Å²) in [4.78, 5) is 23.1. The Balaban J connectivity index is 1.85. The fourth-order valence-corrected chi connectivity index (χ4v) is 3.73. The van der Waals surface area contributed by atoms with Crippen LogP contribution in [0.4, 0.5) is 0 Å². The number of esters is 1. The molecule has 3 aliphatic rings. The molecule has 2 bridgehead atoms. The van der Waals surface area contributed by atoms with Gasteiger partial charge in [-0.05, 0) is 31.8 Å². The maximum atomic E-state index is 11.8. The molecule has 1 heterocycles. The molecule has 1 saturated heterocycles. The van der Waals surface area contributed by atoms with Crippen molar-refractivity contribution in [2.24, 2.45) is 17.3 Å². The summed E-state index contributed by atoms with van der Waals surface area (Å²) < 4.78 is 5.41. The smallest absolute Gasteiger partial charge is 0.312 e. The predicted octanol–water partition coefficient (Wildman–Crippen LogP) is 0.629. The summed E-state index contributed by atoms with van der Waals surface area (Å²) in [5.41, 5.74) is -0.287. The fraction of sp³-hybridized carbons (Fsp3) is 0.667. The highest BCUT2D eigenvalue weighted by atomic mass is 16.6. The van der Waals surface area contributed by atoms with Gasteiger partial charge in [-0.3, -0.25) is 9.59 Å². The number of ether oxygens (including phenoxy) is 1. The van der Waals surface area contributed by atoms with Gasteiger partial charge < -0.3 is 10.1 Å². The summed E-state index contributed by atoms with van der Waals surface area (Å²) in [6.07, 6.45) is 2.99. The average molecular weight is 221 g/mol. The Hall–Kier alpha value is -1.32. The highest BCUT2D eigenvalue weighted by Crippen LogP contribution is 2.61. The molecule has 0 spiro atoms. The van der Waals surface area contributed by atoms with Crippen LogP contribution in [-0.4, -0.2) is 24.0 Å². The van der Waals surface area contributed by atoms with Gasteiger partial charge >= 0.3 is 5.97 Å². The molecule has 1 N–H and O–H groups in total. The van der Waals surface area contributed by atoms with Gasteiger partial charge in [-0.2, -0.15) is 0 Å². The van der Waals surface area contributed by atoms with Gasteiger partial charge in [0.2, 0.25) is 5.91 Å². The molecule has 0 aromatic heterocycles. The van der Waals surface area contributed by atoms with Crippen LogP contribution in [0.1, 0.15) is 19.8 Å². The van der Waals surface area contributed by atoms with Gasteiger partial charge in [-0.25, -0.2) is 0 Å². The molecular formula is C12H15NO3. The third-order valence-corrected chi connectivity index (χ3v) is 4.52. The number of hydrogen-bond acceptors (Lipinski definition) is 3. The highest BCUT2D eigenvalue weighted by Gasteiger charge is 2.68. The predicted molar refractivity (Wildman–Crippen MR) is 56.3 cm³/mol. The van der Waals surface area contributed by atoms with Gasteiger partial charge in [-0.1, -0.05) is 6.58 Å². The third kappa shape index (κ3) is 0.996. The average Bonchev–Trinajstić information content (AvgIpc) is 2.79. The first-order chi connectivity index (χ1) is 7.56. The number of hydrogen-bond donors (Lipinski definition) is 1. The summed E-state index contributed by atoms with van der Waals surface area (Å²) in [5, 5.41) is 2.89. The zero-order chi connectivity index (χ0) is 11.5. The normalized spacial score (nSPS) is 47.9. The van der Waals surface area contributed by atoms with Gasteiger partial charge in [0.05, 0.1) is 11.5 Å². The van der Waals surface area contributed by atoms with E-state index in [1.54, 1.807) is 0 Å². The molecule has 1 amide bonds. The number of amides is 1. The van der Waals surface area contributed by atoms with Crippen LogP contribution < -0.4 is 5.32 Å². The van der Waals surface area contributed by atoms with Crippen molar-refractivity contribution in [2.75, 3.05) is 0 Å². The molecule has 86 valence electrons. The van der Waals surface area contributed by atoms with Crippen molar-refractivity contribution >= 4 is 11.9 Å². The SMILES string of the molecule is C=CC(=O)NC1C2CC3C1OC(=O)C3(C)C2. The minimum atomic E-state index is -0.287. The first-order valence-corrected chi connectivity index (χ1v) is 5.70. The zero-order valence-corrected chi connectivity index (χ0v) is 9.23. The van der Waals surface area contributed by atoms with Gasteiger partial charge in [0.1, 0.15) is 6.10 Å². The lowest BCUT2D eigenvalue weighted by atomic mass is 9.74. The monoisotopic (exact) mass is 221 g/mol. The van der Waals surface area contributed by atoms with Crippen LogP contribution in [0.15, 0.2) is 12.7 Å². The molecule has 3 fully saturated rings. The lowest BCUT2D eigenvalue weighted by Gasteiger charge is -2.29. The Bertz CT molecular complexity index is 392. The number of fused-ring (bicyclic) bond motifs is 1. The largest absolute Gasteiger partial charge is 0.459 e. The Morgan fingerprint density at radius 2 is 2.44 bits per heavy atom. The van der Waals surface area contributed by atoms with Crippen LogP contribution >= 0.6 is 0 Å². The molecule has 16 heavy (non-hydrogen) atoms. The van der Waals surface area contributed by atoms with E-state index < -0.39 is 0 Å². The van der Waals surface area contributed by atoms with Crippen molar-refractivity contribution in [2.45, 2.75) is 31.9 Å². The Morgan fingerprint density at radius 3 is 3.12 bits per heavy atom. The van der Waals surface area contributed by atoms with Crippen molar-refractivity contribution < 1.29 is 14.3 Å². The molecule has 4 heteroatoms. The molecule has 0 radical (unpaired) electrons. The van der Waals surface area contributed by atoms with Crippen LogP contribution in [0.5, 0.6) is 0 Å². The molecule has 1 aliphatic heterocycles. The van der Waals surface area contributed by atoms with E-state index in [1.807, 2.05) is 6.92 Å². The van der Waals surface area contributed by atoms with Gasteiger partial charge in [0.15, 0.2) is 0 Å². The van der Waals surface area contributed by atoms with Crippen LogP contribution in [0.25, 0.3) is 0 Å². The van der Waals surface area contributed by atoms with E-state index in [2.05, 4.69) is 11.9 Å². The summed E-state index contributed by atoms with van der Waals surface area (Å²) in [5.74, 6) is 0.415. The molecule has 5 unspecified atom stereocenters. The molecular weight excluding hydrogens is 206 g/mol. The topological polar surface area (TPSA) is 55.4 Å². The van der Waals surface area contributed by atoms with E-state index >= 15 is 0 Å². The minimum Gasteiger partial charge on any atom is -0.459 e. The highest BCUT2D eigenvalue weighted by molar-refractivity contribution is 5.87. The van der Waals surface area contributed by atoms with Gasteiger partial charge in [0, 0.05) is 5.92 Å². The van der Waals surface area contributed by atoms with E-state index in [0.717, 1.165) is 12.8 Å².